The van der Waals surface area contributed by atoms with E-state index in [1.54, 1.807) is 0 Å². The number of nitrogens with zero attached hydrogens (tertiary/aromatic N) is 3. The van der Waals surface area contributed by atoms with Crippen LogP contribution in [0, 0.1) is 0 Å². The van der Waals surface area contributed by atoms with Crippen molar-refractivity contribution in [3.63, 3.8) is 0 Å². The van der Waals surface area contributed by atoms with Gasteiger partial charge in [0.05, 0.1) is 5.57 Å². The molecule has 1 fully saturated rings. The summed E-state index contributed by atoms with van der Waals surface area (Å²) in [5.74, 6) is -10.4. The number of amides is 2. The number of hydrogen-bond donors (Lipinski definition) is 1. The molecular formula is C23H23ClF8N4O3. The lowest BCUT2D eigenvalue weighted by Crippen LogP contribution is -2.64. The van der Waals surface area contributed by atoms with Gasteiger partial charge >= 0.3 is 6.36 Å². The Kier molecular flexibility index (Phi) is 10.1. The van der Waals surface area contributed by atoms with Gasteiger partial charge in [-0.15, -0.1) is 13.2 Å². The predicted octanol–water partition coefficient (Wildman–Crippen LogP) is 5.78. The Morgan fingerprint density at radius 2 is 1.72 bits per heavy atom. The van der Waals surface area contributed by atoms with Crippen molar-refractivity contribution in [3.05, 3.63) is 35.8 Å². The van der Waals surface area contributed by atoms with Crippen LogP contribution in [0.3, 0.4) is 0 Å². The molecule has 39 heavy (non-hydrogen) atoms. The molecule has 2 rings (SSSR count). The Labute approximate surface area is 222 Å². The highest BCUT2D eigenvalue weighted by atomic mass is 35.5. The van der Waals surface area contributed by atoms with Gasteiger partial charge in [0.25, 0.3) is 17.4 Å². The summed E-state index contributed by atoms with van der Waals surface area (Å²) in [6.07, 6.45) is -6.85. The molecule has 0 aromatic heterocycles. The third-order valence-corrected chi connectivity index (χ3v) is 6.10. The lowest BCUT2D eigenvalue weighted by atomic mass is 9.85. The number of rotatable bonds is 9. The van der Waals surface area contributed by atoms with Gasteiger partial charge in [-0.05, 0) is 50.7 Å². The van der Waals surface area contributed by atoms with Crippen LogP contribution in [0.2, 0.25) is 0 Å². The molecule has 16 heteroatoms. The average molecular weight is 591 g/mol. The van der Waals surface area contributed by atoms with Crippen molar-refractivity contribution in [2.24, 2.45) is 9.98 Å². The second-order valence-corrected chi connectivity index (χ2v) is 8.91. The fourth-order valence-corrected chi connectivity index (χ4v) is 4.11. The standard InChI is InChI=1S/C23H23ClF8N4O3/c1-21(15(17(26)33-2)18(27)34-3,20(38)35-12-8-10-22(28,29)11-9-12)36(19(37)16(24)25)13-4-6-14(7-5-13)39-23(30,31)32/h4-7,12,16H,2,8-11H2,1,3H3,(H,35,38)/b17-15+,34-18?/t16-,21-/m0/s1. The van der Waals surface area contributed by atoms with Gasteiger partial charge in [0.2, 0.25) is 17.8 Å². The number of aliphatic imine (C=N–C) groups is 2. The van der Waals surface area contributed by atoms with Gasteiger partial charge in [0.1, 0.15) is 5.75 Å². The summed E-state index contributed by atoms with van der Waals surface area (Å²) < 4.78 is 113. The minimum absolute atomic E-state index is 0.194. The molecule has 1 aliphatic rings. The zero-order chi connectivity index (χ0) is 29.8. The van der Waals surface area contributed by atoms with E-state index in [9.17, 15) is 35.9 Å². The van der Waals surface area contributed by atoms with Crippen molar-refractivity contribution in [2.45, 2.75) is 62.1 Å². The molecule has 0 spiro atoms. The first-order valence-corrected chi connectivity index (χ1v) is 11.6. The molecule has 7 nitrogen and oxygen atoms in total. The lowest BCUT2D eigenvalue weighted by molar-refractivity contribution is -0.274. The van der Waals surface area contributed by atoms with E-state index in [2.05, 4.69) is 26.8 Å². The summed E-state index contributed by atoms with van der Waals surface area (Å²) in [5, 5.41) is 2.33. The molecule has 0 saturated heterocycles. The van der Waals surface area contributed by atoms with Crippen LogP contribution in [0.25, 0.3) is 0 Å². The molecule has 0 unspecified atom stereocenters. The van der Waals surface area contributed by atoms with Crippen LogP contribution in [0.5, 0.6) is 5.75 Å². The van der Waals surface area contributed by atoms with Crippen molar-refractivity contribution >= 4 is 41.8 Å². The molecule has 1 N–H and O–H groups in total. The monoisotopic (exact) mass is 590 g/mol. The van der Waals surface area contributed by atoms with Crippen molar-refractivity contribution in [1.82, 2.24) is 5.32 Å². The average Bonchev–Trinajstić information content (AvgIpc) is 2.85. The maximum atomic E-state index is 15.0. The first-order chi connectivity index (χ1) is 18.0. The van der Waals surface area contributed by atoms with Crippen LogP contribution in [0.4, 0.5) is 40.8 Å². The highest BCUT2D eigenvalue weighted by Crippen LogP contribution is 2.38. The highest BCUT2D eigenvalue weighted by Gasteiger charge is 2.52. The molecule has 0 aliphatic heterocycles. The van der Waals surface area contributed by atoms with Crippen molar-refractivity contribution < 1.29 is 49.4 Å². The Morgan fingerprint density at radius 3 is 2.15 bits per heavy atom. The third kappa shape index (κ3) is 7.67. The number of halogens is 9. The Bertz CT molecular complexity index is 1130. The van der Waals surface area contributed by atoms with Crippen LogP contribution in [-0.4, -0.2) is 61.0 Å². The molecule has 2 atom stereocenters. The molecular weight excluding hydrogens is 568 g/mol. The minimum Gasteiger partial charge on any atom is -0.406 e. The molecule has 216 valence electrons. The number of anilines is 1. The molecule has 0 radical (unpaired) electrons. The number of benzene rings is 1. The Balaban J connectivity index is 2.75. The van der Waals surface area contributed by atoms with E-state index in [-0.39, 0.29) is 17.7 Å². The predicted molar refractivity (Wildman–Crippen MR) is 127 cm³/mol. The topological polar surface area (TPSA) is 83.4 Å². The zero-order valence-corrected chi connectivity index (χ0v) is 21.2. The van der Waals surface area contributed by atoms with Crippen LogP contribution >= 0.6 is 11.6 Å². The van der Waals surface area contributed by atoms with Crippen LogP contribution in [-0.2, 0) is 9.59 Å². The SMILES string of the molecule is C=N/C(F)=C(\C(F)=NC)[C@@](C)(C(=O)NC1CCC(F)(F)CC1)N(C(=O)[C@H](F)Cl)c1ccc(OC(F)(F)F)cc1. The van der Waals surface area contributed by atoms with Crippen molar-refractivity contribution in [2.75, 3.05) is 11.9 Å². The smallest absolute Gasteiger partial charge is 0.406 e. The minimum atomic E-state index is -5.10. The van der Waals surface area contributed by atoms with E-state index < -0.39 is 83.1 Å². The summed E-state index contributed by atoms with van der Waals surface area (Å²) in [5.41, 5.74) is -7.71. The first-order valence-electron chi connectivity index (χ1n) is 11.1. The number of nitrogens with one attached hydrogen (secondary N) is 1. The summed E-state index contributed by atoms with van der Waals surface area (Å²) in [4.78, 5) is 33.0. The van der Waals surface area contributed by atoms with Crippen LogP contribution in [0.15, 0.2) is 45.8 Å². The van der Waals surface area contributed by atoms with Gasteiger partial charge in [-0.1, -0.05) is 11.6 Å². The molecule has 1 saturated carbocycles. The van der Waals surface area contributed by atoms with E-state index >= 15 is 8.78 Å². The quantitative estimate of drug-likeness (QED) is 0.171. The van der Waals surface area contributed by atoms with Crippen molar-refractivity contribution in [3.8, 4) is 5.75 Å². The first kappa shape index (κ1) is 32.0. The number of alkyl halides is 7. The van der Waals surface area contributed by atoms with E-state index in [1.807, 2.05) is 0 Å². The molecule has 1 aliphatic carbocycles. The van der Waals surface area contributed by atoms with E-state index in [1.165, 1.54) is 0 Å². The van der Waals surface area contributed by atoms with E-state index in [4.69, 9.17) is 11.6 Å². The van der Waals surface area contributed by atoms with Crippen molar-refractivity contribution in [1.29, 1.82) is 0 Å². The maximum absolute atomic E-state index is 15.0. The van der Waals surface area contributed by atoms with E-state index in [0.717, 1.165) is 26.1 Å². The summed E-state index contributed by atoms with van der Waals surface area (Å²) in [7, 11) is 0.849. The fourth-order valence-electron chi connectivity index (χ4n) is 4.02. The number of ether oxygens (including phenoxy) is 1. The molecule has 0 heterocycles. The van der Waals surface area contributed by atoms with E-state index in [0.29, 0.717) is 12.1 Å². The Hall–Kier alpha value is -3.23. The summed E-state index contributed by atoms with van der Waals surface area (Å²) in [6, 6.07) is 1.95. The van der Waals surface area contributed by atoms with Gasteiger partial charge < -0.3 is 10.1 Å². The Morgan fingerprint density at radius 1 is 1.18 bits per heavy atom. The largest absolute Gasteiger partial charge is 0.573 e. The second-order valence-electron chi connectivity index (χ2n) is 8.53. The van der Waals surface area contributed by atoms with Gasteiger partial charge in [-0.3, -0.25) is 19.5 Å². The maximum Gasteiger partial charge on any atom is 0.573 e. The third-order valence-electron chi connectivity index (χ3n) is 5.91. The molecule has 2 amide bonds. The zero-order valence-electron chi connectivity index (χ0n) is 20.5. The second kappa shape index (κ2) is 12.3. The number of carbonyl (C=O) groups is 2. The van der Waals surface area contributed by atoms with Gasteiger partial charge in [-0.2, -0.15) is 8.78 Å². The van der Waals surface area contributed by atoms with Gasteiger partial charge in [0, 0.05) is 31.6 Å². The molecule has 1 aromatic carbocycles. The molecule has 0 bridgehead atoms. The molecule has 1 aromatic rings. The summed E-state index contributed by atoms with van der Waals surface area (Å²) in [6.45, 7) is 3.68. The highest BCUT2D eigenvalue weighted by molar-refractivity contribution is 6.32. The summed E-state index contributed by atoms with van der Waals surface area (Å²) >= 11 is 5.34. The number of carbonyl (C=O) groups excluding carboxylic acids is 2. The van der Waals surface area contributed by atoms with Gasteiger partial charge in [0.15, 0.2) is 5.54 Å². The van der Waals surface area contributed by atoms with Crippen LogP contribution < -0.4 is 15.0 Å². The number of hydrogen-bond acceptors (Lipinski definition) is 5. The lowest BCUT2D eigenvalue weighted by Gasteiger charge is -2.42. The normalized spacial score (nSPS) is 19.3. The van der Waals surface area contributed by atoms with Crippen LogP contribution in [0.1, 0.15) is 32.6 Å². The van der Waals surface area contributed by atoms with Gasteiger partial charge in [-0.25, -0.2) is 18.2 Å². The fraction of sp³-hybridized carbons (Fsp3) is 0.478.